The van der Waals surface area contributed by atoms with Gasteiger partial charge in [-0.1, -0.05) is 30.3 Å². The van der Waals surface area contributed by atoms with E-state index < -0.39 is 30.3 Å². The highest BCUT2D eigenvalue weighted by atomic mass is 19.4. The standard InChI is InChI=1S/C23H21F5N2O3/c24-22(25)11-9-15(10-12-22)30-19(17-3-1-2-4-18(17)21(30)32)20(31)29-13-14-5-7-16(8-6-14)33-23(26,27)28/h1-8,15,19H,9-13H2,(H,29,31)/t19-/m1/s1. The zero-order valence-electron chi connectivity index (χ0n) is 17.4. The summed E-state index contributed by atoms with van der Waals surface area (Å²) in [5.74, 6) is -4.00. The van der Waals surface area contributed by atoms with Crippen molar-refractivity contribution in [1.29, 1.82) is 0 Å². The molecule has 1 heterocycles. The molecular formula is C23H21F5N2O3. The summed E-state index contributed by atoms with van der Waals surface area (Å²) in [5.41, 5.74) is 1.40. The maximum atomic E-state index is 13.7. The van der Waals surface area contributed by atoms with E-state index in [0.717, 1.165) is 12.1 Å². The molecular weight excluding hydrogens is 447 g/mol. The molecule has 0 saturated heterocycles. The summed E-state index contributed by atoms with van der Waals surface area (Å²) >= 11 is 0. The molecule has 0 bridgehead atoms. The summed E-state index contributed by atoms with van der Waals surface area (Å²) in [4.78, 5) is 27.6. The molecule has 176 valence electrons. The Morgan fingerprint density at radius 3 is 2.33 bits per heavy atom. The van der Waals surface area contributed by atoms with Crippen molar-refractivity contribution in [3.63, 3.8) is 0 Å². The van der Waals surface area contributed by atoms with Gasteiger partial charge in [0.15, 0.2) is 0 Å². The molecule has 1 N–H and O–H groups in total. The van der Waals surface area contributed by atoms with Gasteiger partial charge in [-0.2, -0.15) is 0 Å². The second-order valence-corrected chi connectivity index (χ2v) is 8.20. The quantitative estimate of drug-likeness (QED) is 0.630. The summed E-state index contributed by atoms with van der Waals surface area (Å²) in [7, 11) is 0. The number of ether oxygens (including phenoxy) is 1. The Labute approximate surface area is 186 Å². The highest BCUT2D eigenvalue weighted by Crippen LogP contribution is 2.42. The highest BCUT2D eigenvalue weighted by molar-refractivity contribution is 6.04. The first-order chi connectivity index (χ1) is 15.5. The van der Waals surface area contributed by atoms with Crippen LogP contribution in [0.1, 0.15) is 53.2 Å². The number of halogens is 5. The van der Waals surface area contributed by atoms with Crippen molar-refractivity contribution in [3.8, 4) is 5.75 Å². The van der Waals surface area contributed by atoms with Crippen LogP contribution in [0.25, 0.3) is 0 Å². The first-order valence-corrected chi connectivity index (χ1v) is 10.5. The fraction of sp³-hybridized carbons (Fsp3) is 0.391. The third kappa shape index (κ3) is 5.09. The molecule has 5 nitrogen and oxygen atoms in total. The van der Waals surface area contributed by atoms with Crippen LogP contribution >= 0.6 is 0 Å². The fourth-order valence-corrected chi connectivity index (χ4v) is 4.38. The Morgan fingerprint density at radius 2 is 1.70 bits per heavy atom. The van der Waals surface area contributed by atoms with Crippen LogP contribution in [0.2, 0.25) is 0 Å². The number of alkyl halides is 5. The molecule has 1 aliphatic carbocycles. The van der Waals surface area contributed by atoms with E-state index in [-0.39, 0.29) is 43.9 Å². The van der Waals surface area contributed by atoms with Crippen molar-refractivity contribution < 1.29 is 36.3 Å². The number of hydrogen-bond acceptors (Lipinski definition) is 3. The second-order valence-electron chi connectivity index (χ2n) is 8.20. The Kier molecular flexibility index (Phi) is 6.02. The van der Waals surface area contributed by atoms with Crippen LogP contribution < -0.4 is 10.1 Å². The molecule has 2 aromatic rings. The molecule has 0 spiro atoms. The van der Waals surface area contributed by atoms with Gasteiger partial charge in [0.1, 0.15) is 11.8 Å². The SMILES string of the molecule is O=C(NCc1ccc(OC(F)(F)F)cc1)[C@H]1c2ccccc2C(=O)N1C1CCC(F)(F)CC1. The van der Waals surface area contributed by atoms with Crippen LogP contribution in [0, 0.1) is 0 Å². The minimum Gasteiger partial charge on any atom is -0.406 e. The van der Waals surface area contributed by atoms with Crippen LogP contribution in [0.5, 0.6) is 5.75 Å². The average Bonchev–Trinajstić information content (AvgIpc) is 3.05. The molecule has 2 aliphatic rings. The zero-order chi connectivity index (χ0) is 23.8. The van der Waals surface area contributed by atoms with E-state index in [1.807, 2.05) is 0 Å². The number of benzene rings is 2. The maximum absolute atomic E-state index is 13.7. The monoisotopic (exact) mass is 468 g/mol. The Hall–Kier alpha value is -3.17. The number of hydrogen-bond donors (Lipinski definition) is 1. The third-order valence-corrected chi connectivity index (χ3v) is 5.95. The largest absolute Gasteiger partial charge is 0.573 e. The number of carbonyl (C=O) groups is 2. The average molecular weight is 468 g/mol. The first kappa shape index (κ1) is 23.0. The summed E-state index contributed by atoms with van der Waals surface area (Å²) in [5, 5.41) is 2.71. The molecule has 0 unspecified atom stereocenters. The van der Waals surface area contributed by atoms with Crippen molar-refractivity contribution >= 4 is 11.8 Å². The number of rotatable bonds is 5. The molecule has 2 aromatic carbocycles. The number of fused-ring (bicyclic) bond motifs is 1. The van der Waals surface area contributed by atoms with Crippen molar-refractivity contribution in [3.05, 3.63) is 65.2 Å². The van der Waals surface area contributed by atoms with Gasteiger partial charge in [-0.15, -0.1) is 13.2 Å². The lowest BCUT2D eigenvalue weighted by atomic mass is 9.90. The molecule has 10 heteroatoms. The van der Waals surface area contributed by atoms with E-state index >= 15 is 0 Å². The van der Waals surface area contributed by atoms with E-state index in [2.05, 4.69) is 10.1 Å². The van der Waals surface area contributed by atoms with Crippen LogP contribution in [-0.2, 0) is 11.3 Å². The minimum atomic E-state index is -4.80. The van der Waals surface area contributed by atoms with E-state index in [4.69, 9.17) is 0 Å². The molecule has 0 radical (unpaired) electrons. The van der Waals surface area contributed by atoms with Gasteiger partial charge in [0.2, 0.25) is 11.8 Å². The van der Waals surface area contributed by atoms with Crippen molar-refractivity contribution in [1.82, 2.24) is 10.2 Å². The Balaban J connectivity index is 1.49. The van der Waals surface area contributed by atoms with Gasteiger partial charge in [0, 0.05) is 31.0 Å². The second kappa shape index (κ2) is 8.64. The van der Waals surface area contributed by atoms with Crippen LogP contribution in [-0.4, -0.2) is 35.0 Å². The van der Waals surface area contributed by atoms with E-state index in [0.29, 0.717) is 16.7 Å². The van der Waals surface area contributed by atoms with E-state index in [9.17, 15) is 31.5 Å². The Morgan fingerprint density at radius 1 is 1.06 bits per heavy atom. The predicted octanol–water partition coefficient (Wildman–Crippen LogP) is 4.98. The highest BCUT2D eigenvalue weighted by Gasteiger charge is 2.47. The molecule has 0 aromatic heterocycles. The minimum absolute atomic E-state index is 0.00850. The normalized spacial score (nSPS) is 20.5. The van der Waals surface area contributed by atoms with Gasteiger partial charge in [0.05, 0.1) is 0 Å². The smallest absolute Gasteiger partial charge is 0.406 e. The maximum Gasteiger partial charge on any atom is 0.573 e. The van der Waals surface area contributed by atoms with Gasteiger partial charge in [-0.05, 0) is 42.2 Å². The molecule has 2 amide bonds. The molecule has 1 saturated carbocycles. The summed E-state index contributed by atoms with van der Waals surface area (Å²) in [6, 6.07) is 10.2. The lowest BCUT2D eigenvalue weighted by Gasteiger charge is -2.37. The number of nitrogens with one attached hydrogen (secondary N) is 1. The predicted molar refractivity (Wildman–Crippen MR) is 108 cm³/mol. The van der Waals surface area contributed by atoms with Gasteiger partial charge in [-0.3, -0.25) is 9.59 Å². The van der Waals surface area contributed by atoms with E-state index in [1.54, 1.807) is 24.3 Å². The lowest BCUT2D eigenvalue weighted by Crippen LogP contribution is -2.47. The number of nitrogens with zero attached hydrogens (tertiary/aromatic N) is 1. The molecule has 4 rings (SSSR count). The summed E-state index contributed by atoms with van der Waals surface area (Å²) in [6.07, 6.45) is -5.31. The lowest BCUT2D eigenvalue weighted by molar-refractivity contribution is -0.274. The molecule has 1 aliphatic heterocycles. The summed E-state index contributed by atoms with van der Waals surface area (Å²) < 4.78 is 68.0. The first-order valence-electron chi connectivity index (χ1n) is 10.5. The van der Waals surface area contributed by atoms with Crippen LogP contribution in [0.4, 0.5) is 22.0 Å². The van der Waals surface area contributed by atoms with Gasteiger partial charge < -0.3 is 15.0 Å². The number of amides is 2. The number of carbonyl (C=O) groups excluding carboxylic acids is 2. The van der Waals surface area contributed by atoms with Crippen molar-refractivity contribution in [2.45, 2.75) is 56.6 Å². The van der Waals surface area contributed by atoms with Gasteiger partial charge in [-0.25, -0.2) is 8.78 Å². The Bertz CT molecular complexity index is 1030. The van der Waals surface area contributed by atoms with Crippen LogP contribution in [0.15, 0.2) is 48.5 Å². The van der Waals surface area contributed by atoms with E-state index in [1.165, 1.54) is 17.0 Å². The molecule has 1 fully saturated rings. The molecule has 1 atom stereocenters. The summed E-state index contributed by atoms with van der Waals surface area (Å²) in [6.45, 7) is 0.00850. The molecule has 33 heavy (non-hydrogen) atoms. The fourth-order valence-electron chi connectivity index (χ4n) is 4.38. The van der Waals surface area contributed by atoms with Gasteiger partial charge in [0.25, 0.3) is 5.91 Å². The van der Waals surface area contributed by atoms with Crippen LogP contribution in [0.3, 0.4) is 0 Å². The van der Waals surface area contributed by atoms with Crippen molar-refractivity contribution in [2.75, 3.05) is 0 Å². The third-order valence-electron chi connectivity index (χ3n) is 5.95. The zero-order valence-corrected chi connectivity index (χ0v) is 17.4. The van der Waals surface area contributed by atoms with Gasteiger partial charge >= 0.3 is 6.36 Å². The van der Waals surface area contributed by atoms with Crippen molar-refractivity contribution in [2.24, 2.45) is 0 Å². The topological polar surface area (TPSA) is 58.6 Å².